The van der Waals surface area contributed by atoms with Crippen LogP contribution in [-0.2, 0) is 32.2 Å². The summed E-state index contributed by atoms with van der Waals surface area (Å²) in [7, 11) is 0. The van der Waals surface area contributed by atoms with E-state index in [1.54, 1.807) is 22.3 Å². The molecule has 0 saturated heterocycles. The van der Waals surface area contributed by atoms with Gasteiger partial charge < -0.3 is 0 Å². The molecule has 0 bridgehead atoms. The first-order chi connectivity index (χ1) is 12.1. The normalized spacial score (nSPS) is 18.2. The molecule has 2 aromatic carbocycles. The van der Waals surface area contributed by atoms with Crippen molar-refractivity contribution in [1.82, 2.24) is 4.90 Å². The highest BCUT2D eigenvalue weighted by molar-refractivity contribution is 5.38. The lowest BCUT2D eigenvalue weighted by Crippen LogP contribution is -2.35. The van der Waals surface area contributed by atoms with E-state index in [1.165, 1.54) is 43.4 Å². The number of rotatable bonds is 4. The van der Waals surface area contributed by atoms with Gasteiger partial charge in [0.2, 0.25) is 0 Å². The zero-order valence-corrected chi connectivity index (χ0v) is 16.0. The molecule has 132 valence electrons. The maximum Gasteiger partial charge on any atom is 0.0239 e. The molecular formula is C24H31N. The molecule has 1 aliphatic heterocycles. The standard InChI is InChI=1S/C24H31N/c1-17(2)25-12-11-21-8-7-19(14-24(21)16-25)13-18(3)22-10-9-20-5-4-6-23(20)15-22/h7-10,14-15,17-18H,4-6,11-13,16H2,1-3H3. The van der Waals surface area contributed by atoms with Gasteiger partial charge in [-0.15, -0.1) is 0 Å². The van der Waals surface area contributed by atoms with Gasteiger partial charge in [0.1, 0.15) is 0 Å². The average Bonchev–Trinajstić information content (AvgIpc) is 3.08. The molecule has 0 radical (unpaired) electrons. The second-order valence-corrected chi connectivity index (χ2v) is 8.40. The molecular weight excluding hydrogens is 302 g/mol. The van der Waals surface area contributed by atoms with E-state index in [-0.39, 0.29) is 0 Å². The highest BCUT2D eigenvalue weighted by Crippen LogP contribution is 2.29. The van der Waals surface area contributed by atoms with Crippen molar-refractivity contribution in [3.05, 3.63) is 69.8 Å². The zero-order valence-electron chi connectivity index (χ0n) is 16.0. The van der Waals surface area contributed by atoms with E-state index in [9.17, 15) is 0 Å². The molecule has 0 saturated carbocycles. The molecule has 1 unspecified atom stereocenters. The minimum absolute atomic E-state index is 0.591. The van der Waals surface area contributed by atoms with Crippen molar-refractivity contribution >= 4 is 0 Å². The van der Waals surface area contributed by atoms with Crippen molar-refractivity contribution in [2.75, 3.05) is 6.54 Å². The maximum absolute atomic E-state index is 2.59. The summed E-state index contributed by atoms with van der Waals surface area (Å²) in [4.78, 5) is 2.59. The number of hydrogen-bond acceptors (Lipinski definition) is 1. The third kappa shape index (κ3) is 3.53. The van der Waals surface area contributed by atoms with Gasteiger partial charge in [-0.3, -0.25) is 4.90 Å². The molecule has 0 spiro atoms. The lowest BCUT2D eigenvalue weighted by Gasteiger charge is -2.32. The summed E-state index contributed by atoms with van der Waals surface area (Å²) >= 11 is 0. The first kappa shape index (κ1) is 16.8. The Morgan fingerprint density at radius 2 is 1.60 bits per heavy atom. The summed E-state index contributed by atoms with van der Waals surface area (Å²) in [5, 5.41) is 0. The van der Waals surface area contributed by atoms with Crippen LogP contribution in [0.2, 0.25) is 0 Å². The molecule has 2 aromatic rings. The molecule has 1 heterocycles. The molecule has 0 N–H and O–H groups in total. The second-order valence-electron chi connectivity index (χ2n) is 8.40. The van der Waals surface area contributed by atoms with Crippen molar-refractivity contribution in [1.29, 1.82) is 0 Å². The Morgan fingerprint density at radius 3 is 2.44 bits per heavy atom. The van der Waals surface area contributed by atoms with Crippen molar-refractivity contribution < 1.29 is 0 Å². The van der Waals surface area contributed by atoms with Gasteiger partial charge >= 0.3 is 0 Å². The van der Waals surface area contributed by atoms with Crippen molar-refractivity contribution in [2.45, 2.75) is 71.4 Å². The Morgan fingerprint density at radius 1 is 0.840 bits per heavy atom. The summed E-state index contributed by atoms with van der Waals surface area (Å²) < 4.78 is 0. The molecule has 1 heteroatoms. The average molecular weight is 334 g/mol. The van der Waals surface area contributed by atoms with Gasteiger partial charge in [0.15, 0.2) is 0 Å². The smallest absolute Gasteiger partial charge is 0.0239 e. The SMILES string of the molecule is CC(Cc1ccc2c(c1)CN(C(C)C)CC2)c1ccc2c(c1)CCC2. The van der Waals surface area contributed by atoms with Crippen LogP contribution in [0, 0.1) is 0 Å². The van der Waals surface area contributed by atoms with E-state index in [2.05, 4.69) is 62.1 Å². The van der Waals surface area contributed by atoms with Gasteiger partial charge in [0.25, 0.3) is 0 Å². The molecule has 0 aromatic heterocycles. The summed E-state index contributed by atoms with van der Waals surface area (Å²) in [5.74, 6) is 0.591. The van der Waals surface area contributed by atoms with E-state index < -0.39 is 0 Å². The first-order valence-corrected chi connectivity index (χ1v) is 10.1. The van der Waals surface area contributed by atoms with E-state index in [4.69, 9.17) is 0 Å². The molecule has 0 amide bonds. The van der Waals surface area contributed by atoms with E-state index in [0.717, 1.165) is 13.0 Å². The monoisotopic (exact) mass is 333 g/mol. The largest absolute Gasteiger partial charge is 0.296 e. The lowest BCUT2D eigenvalue weighted by molar-refractivity contribution is 0.203. The maximum atomic E-state index is 2.59. The highest BCUT2D eigenvalue weighted by atomic mass is 15.1. The van der Waals surface area contributed by atoms with Crippen molar-refractivity contribution in [2.24, 2.45) is 0 Å². The van der Waals surface area contributed by atoms with Gasteiger partial charge in [0.05, 0.1) is 0 Å². The predicted molar refractivity (Wildman–Crippen MR) is 106 cm³/mol. The predicted octanol–water partition coefficient (Wildman–Crippen LogP) is 5.29. The minimum atomic E-state index is 0.591. The number of hydrogen-bond donors (Lipinski definition) is 0. The second kappa shape index (κ2) is 6.96. The Hall–Kier alpha value is -1.60. The lowest BCUT2D eigenvalue weighted by atomic mass is 9.89. The van der Waals surface area contributed by atoms with Gasteiger partial charge in [0, 0.05) is 19.1 Å². The van der Waals surface area contributed by atoms with Crippen molar-refractivity contribution in [3.8, 4) is 0 Å². The highest BCUT2D eigenvalue weighted by Gasteiger charge is 2.19. The fraction of sp³-hybridized carbons (Fsp3) is 0.500. The zero-order chi connectivity index (χ0) is 17.4. The molecule has 2 aliphatic rings. The van der Waals surface area contributed by atoms with Crippen LogP contribution in [0.25, 0.3) is 0 Å². The topological polar surface area (TPSA) is 3.24 Å². The van der Waals surface area contributed by atoms with Crippen LogP contribution in [0.1, 0.15) is 66.5 Å². The summed E-state index contributed by atoms with van der Waals surface area (Å²) in [5.41, 5.74) is 9.31. The Balaban J connectivity index is 1.50. The summed E-state index contributed by atoms with van der Waals surface area (Å²) in [6.45, 7) is 9.33. The van der Waals surface area contributed by atoms with Crippen LogP contribution < -0.4 is 0 Å². The van der Waals surface area contributed by atoms with Gasteiger partial charge in [-0.1, -0.05) is 43.3 Å². The van der Waals surface area contributed by atoms with Crippen LogP contribution in [-0.4, -0.2) is 17.5 Å². The number of benzene rings is 2. The van der Waals surface area contributed by atoms with Crippen molar-refractivity contribution in [3.63, 3.8) is 0 Å². The quantitative estimate of drug-likeness (QED) is 0.735. The molecule has 1 aliphatic carbocycles. The number of nitrogens with zero attached hydrogens (tertiary/aromatic N) is 1. The van der Waals surface area contributed by atoms with Crippen LogP contribution in [0.4, 0.5) is 0 Å². The van der Waals surface area contributed by atoms with Crippen LogP contribution in [0.5, 0.6) is 0 Å². The summed E-state index contributed by atoms with van der Waals surface area (Å²) in [6.07, 6.45) is 6.24. The number of aryl methyl sites for hydroxylation is 2. The fourth-order valence-corrected chi connectivity index (χ4v) is 4.57. The van der Waals surface area contributed by atoms with Gasteiger partial charge in [-0.2, -0.15) is 0 Å². The Labute approximate surface area is 153 Å². The molecule has 0 fully saturated rings. The van der Waals surface area contributed by atoms with E-state index in [0.29, 0.717) is 12.0 Å². The van der Waals surface area contributed by atoms with Gasteiger partial charge in [-0.05, 0) is 85.3 Å². The van der Waals surface area contributed by atoms with E-state index in [1.807, 2.05) is 0 Å². The van der Waals surface area contributed by atoms with Crippen LogP contribution in [0.15, 0.2) is 36.4 Å². The molecule has 25 heavy (non-hydrogen) atoms. The first-order valence-electron chi connectivity index (χ1n) is 10.1. The third-order valence-corrected chi connectivity index (χ3v) is 6.28. The van der Waals surface area contributed by atoms with Gasteiger partial charge in [-0.25, -0.2) is 0 Å². The van der Waals surface area contributed by atoms with Crippen LogP contribution >= 0.6 is 0 Å². The Kier molecular flexibility index (Phi) is 4.69. The molecule has 1 atom stereocenters. The summed E-state index contributed by atoms with van der Waals surface area (Å²) in [6, 6.07) is 15.1. The third-order valence-electron chi connectivity index (χ3n) is 6.28. The number of fused-ring (bicyclic) bond motifs is 2. The minimum Gasteiger partial charge on any atom is -0.296 e. The fourth-order valence-electron chi connectivity index (χ4n) is 4.57. The Bertz CT molecular complexity index is 759. The molecule has 1 nitrogen and oxygen atoms in total. The molecule has 4 rings (SSSR count). The van der Waals surface area contributed by atoms with E-state index >= 15 is 0 Å². The van der Waals surface area contributed by atoms with Crippen LogP contribution in [0.3, 0.4) is 0 Å².